The zero-order chi connectivity index (χ0) is 23.6. The van der Waals surface area contributed by atoms with Gasteiger partial charge in [-0.15, -0.1) is 0 Å². The molecule has 3 aromatic rings. The SMILES string of the molecule is COc1ccc(COC(=O)C2(C)CCC(NS(=O)(=O)c3ccc4c(ccn4C)c3)CC2)cc1. The van der Waals surface area contributed by atoms with Crippen LogP contribution in [0.25, 0.3) is 10.9 Å². The van der Waals surface area contributed by atoms with Crippen LogP contribution in [0.2, 0.25) is 0 Å². The minimum atomic E-state index is -3.64. The van der Waals surface area contributed by atoms with Gasteiger partial charge in [0.05, 0.1) is 17.4 Å². The number of aromatic nitrogens is 1. The number of rotatable bonds is 7. The number of nitrogens with one attached hydrogen (secondary N) is 1. The topological polar surface area (TPSA) is 86.6 Å². The molecule has 0 radical (unpaired) electrons. The van der Waals surface area contributed by atoms with Crippen molar-refractivity contribution in [3.8, 4) is 5.75 Å². The maximum absolute atomic E-state index is 12.9. The van der Waals surface area contributed by atoms with Crippen LogP contribution in [0.4, 0.5) is 0 Å². The van der Waals surface area contributed by atoms with Gasteiger partial charge >= 0.3 is 5.97 Å². The van der Waals surface area contributed by atoms with Gasteiger partial charge in [-0.2, -0.15) is 0 Å². The Bertz CT molecular complexity index is 1240. The molecule has 1 N–H and O–H groups in total. The molecule has 0 atom stereocenters. The van der Waals surface area contributed by atoms with Gasteiger partial charge in [-0.05, 0) is 74.6 Å². The second-order valence-corrected chi connectivity index (χ2v) is 10.7. The third-order valence-electron chi connectivity index (χ3n) is 6.60. The molecule has 1 aliphatic rings. The predicted molar refractivity (Wildman–Crippen MR) is 126 cm³/mol. The summed E-state index contributed by atoms with van der Waals surface area (Å²) < 4.78 is 41.4. The summed E-state index contributed by atoms with van der Waals surface area (Å²) >= 11 is 0. The number of methoxy groups -OCH3 is 1. The molecule has 0 aliphatic heterocycles. The second kappa shape index (κ2) is 9.19. The lowest BCUT2D eigenvalue weighted by Gasteiger charge is -2.35. The quantitative estimate of drug-likeness (QED) is 0.524. The lowest BCUT2D eigenvalue weighted by atomic mass is 9.74. The number of hydrogen-bond donors (Lipinski definition) is 1. The molecule has 176 valence electrons. The van der Waals surface area contributed by atoms with Crippen molar-refractivity contribution in [2.24, 2.45) is 12.5 Å². The van der Waals surface area contributed by atoms with E-state index in [1.165, 1.54) is 0 Å². The first-order valence-corrected chi connectivity index (χ1v) is 12.6. The van der Waals surface area contributed by atoms with Gasteiger partial charge in [-0.3, -0.25) is 4.79 Å². The minimum absolute atomic E-state index is 0.205. The Hall–Kier alpha value is -2.84. The fourth-order valence-corrected chi connectivity index (χ4v) is 5.68. The molecular formula is C25H30N2O5S. The number of esters is 1. The third kappa shape index (κ3) is 5.07. The molecule has 7 nitrogen and oxygen atoms in total. The number of carbonyl (C=O) groups excluding carboxylic acids is 1. The first-order chi connectivity index (χ1) is 15.7. The molecule has 33 heavy (non-hydrogen) atoms. The number of carbonyl (C=O) groups is 1. The van der Waals surface area contributed by atoms with Gasteiger partial charge in [-0.1, -0.05) is 12.1 Å². The zero-order valence-corrected chi connectivity index (χ0v) is 20.0. The van der Waals surface area contributed by atoms with Crippen LogP contribution in [0.15, 0.2) is 59.6 Å². The standard InChI is InChI=1S/C25H30N2O5S/c1-25(24(28)32-17-18-4-6-21(31-3)7-5-18)13-10-20(11-14-25)26-33(29,30)22-8-9-23-19(16-22)12-15-27(23)2/h4-9,12,15-16,20,26H,10-11,13-14,17H2,1-3H3. The molecule has 8 heteroatoms. The minimum Gasteiger partial charge on any atom is -0.497 e. The summed E-state index contributed by atoms with van der Waals surface area (Å²) in [6.07, 6.45) is 4.21. The number of ether oxygens (including phenoxy) is 2. The van der Waals surface area contributed by atoms with Crippen molar-refractivity contribution in [2.75, 3.05) is 7.11 Å². The van der Waals surface area contributed by atoms with Gasteiger partial charge in [0.25, 0.3) is 0 Å². The van der Waals surface area contributed by atoms with Crippen LogP contribution in [0, 0.1) is 5.41 Å². The summed E-state index contributed by atoms with van der Waals surface area (Å²) in [4.78, 5) is 13.0. The van der Waals surface area contributed by atoms with Crippen LogP contribution in [-0.2, 0) is 33.2 Å². The van der Waals surface area contributed by atoms with Crippen molar-refractivity contribution >= 4 is 26.9 Å². The third-order valence-corrected chi connectivity index (χ3v) is 8.12. The zero-order valence-electron chi connectivity index (χ0n) is 19.2. The van der Waals surface area contributed by atoms with Gasteiger partial charge in [0, 0.05) is 30.2 Å². The summed E-state index contributed by atoms with van der Waals surface area (Å²) in [5.74, 6) is 0.510. The van der Waals surface area contributed by atoms with Crippen LogP contribution < -0.4 is 9.46 Å². The van der Waals surface area contributed by atoms with Crippen LogP contribution in [0.3, 0.4) is 0 Å². The molecule has 0 bridgehead atoms. The van der Waals surface area contributed by atoms with E-state index < -0.39 is 15.4 Å². The van der Waals surface area contributed by atoms with Crippen LogP contribution >= 0.6 is 0 Å². The summed E-state index contributed by atoms with van der Waals surface area (Å²) in [5.41, 5.74) is 1.26. The maximum Gasteiger partial charge on any atom is 0.312 e. The number of nitrogens with zero attached hydrogens (tertiary/aromatic N) is 1. The summed E-state index contributed by atoms with van der Waals surface area (Å²) in [6, 6.07) is 14.2. The smallest absolute Gasteiger partial charge is 0.312 e. The molecule has 0 spiro atoms. The highest BCUT2D eigenvalue weighted by atomic mass is 32.2. The molecule has 2 aromatic carbocycles. The molecule has 1 aliphatic carbocycles. The van der Waals surface area contributed by atoms with E-state index in [1.807, 2.05) is 61.1 Å². The molecule has 1 aromatic heterocycles. The van der Waals surface area contributed by atoms with Crippen molar-refractivity contribution in [3.63, 3.8) is 0 Å². The van der Waals surface area contributed by atoms with E-state index >= 15 is 0 Å². The Kier molecular flexibility index (Phi) is 6.50. The number of benzene rings is 2. The monoisotopic (exact) mass is 470 g/mol. The fraction of sp³-hybridized carbons (Fsp3) is 0.400. The number of fused-ring (bicyclic) bond motifs is 1. The van der Waals surface area contributed by atoms with E-state index in [9.17, 15) is 13.2 Å². The lowest BCUT2D eigenvalue weighted by molar-refractivity contribution is -0.158. The Balaban J connectivity index is 1.33. The predicted octanol–water partition coefficient (Wildman–Crippen LogP) is 4.16. The molecule has 1 heterocycles. The van der Waals surface area contributed by atoms with Gasteiger partial charge < -0.3 is 14.0 Å². The summed E-state index contributed by atoms with van der Waals surface area (Å²) in [7, 11) is -0.106. The first-order valence-electron chi connectivity index (χ1n) is 11.1. The molecular weight excluding hydrogens is 440 g/mol. The highest BCUT2D eigenvalue weighted by molar-refractivity contribution is 7.89. The van der Waals surface area contributed by atoms with Gasteiger partial charge in [-0.25, -0.2) is 13.1 Å². The molecule has 1 fully saturated rings. The normalized spacial score (nSPS) is 21.1. The van der Waals surface area contributed by atoms with Gasteiger partial charge in [0.15, 0.2) is 0 Å². The molecule has 0 unspecified atom stereocenters. The van der Waals surface area contributed by atoms with E-state index in [0.717, 1.165) is 22.2 Å². The molecule has 0 saturated heterocycles. The van der Waals surface area contributed by atoms with Crippen molar-refractivity contribution in [2.45, 2.75) is 50.2 Å². The first kappa shape index (κ1) is 23.3. The van der Waals surface area contributed by atoms with Crippen LogP contribution in [0.5, 0.6) is 5.75 Å². The molecule has 1 saturated carbocycles. The Morgan fingerprint density at radius 2 is 1.82 bits per heavy atom. The Morgan fingerprint density at radius 1 is 1.12 bits per heavy atom. The fourth-order valence-electron chi connectivity index (χ4n) is 4.34. The van der Waals surface area contributed by atoms with E-state index in [4.69, 9.17) is 9.47 Å². The summed E-state index contributed by atoms with van der Waals surface area (Å²) in [6.45, 7) is 2.11. The van der Waals surface area contributed by atoms with Crippen molar-refractivity contribution in [1.82, 2.24) is 9.29 Å². The average Bonchev–Trinajstić information content (AvgIpc) is 3.19. The van der Waals surface area contributed by atoms with Crippen molar-refractivity contribution in [3.05, 3.63) is 60.3 Å². The van der Waals surface area contributed by atoms with Crippen LogP contribution in [0.1, 0.15) is 38.2 Å². The second-order valence-electron chi connectivity index (χ2n) is 9.03. The van der Waals surface area contributed by atoms with E-state index in [-0.39, 0.29) is 23.5 Å². The number of hydrogen-bond acceptors (Lipinski definition) is 5. The van der Waals surface area contributed by atoms with Gasteiger partial charge in [0.1, 0.15) is 12.4 Å². The van der Waals surface area contributed by atoms with Crippen molar-refractivity contribution in [1.29, 1.82) is 0 Å². The van der Waals surface area contributed by atoms with Crippen LogP contribution in [-0.4, -0.2) is 32.1 Å². The van der Waals surface area contributed by atoms with E-state index in [2.05, 4.69) is 4.72 Å². The van der Waals surface area contributed by atoms with E-state index in [0.29, 0.717) is 25.7 Å². The molecule has 4 rings (SSSR count). The summed E-state index contributed by atoms with van der Waals surface area (Å²) in [5, 5.41) is 0.885. The largest absolute Gasteiger partial charge is 0.497 e. The maximum atomic E-state index is 12.9. The Labute approximate surface area is 194 Å². The molecule has 0 amide bonds. The number of aryl methyl sites for hydroxylation is 1. The van der Waals surface area contributed by atoms with Gasteiger partial charge in [0.2, 0.25) is 10.0 Å². The highest BCUT2D eigenvalue weighted by Crippen LogP contribution is 2.38. The Morgan fingerprint density at radius 3 is 2.48 bits per heavy atom. The average molecular weight is 471 g/mol. The number of sulfonamides is 1. The van der Waals surface area contributed by atoms with E-state index in [1.54, 1.807) is 19.2 Å². The van der Waals surface area contributed by atoms with Crippen molar-refractivity contribution < 1.29 is 22.7 Å². The highest BCUT2D eigenvalue weighted by Gasteiger charge is 2.39. The lowest BCUT2D eigenvalue weighted by Crippen LogP contribution is -2.42.